The summed E-state index contributed by atoms with van der Waals surface area (Å²) in [6, 6.07) is -0.0998. The number of aliphatic carboxylic acids is 1. The van der Waals surface area contributed by atoms with E-state index in [9.17, 15) is 9.59 Å². The highest BCUT2D eigenvalue weighted by atomic mass is 32.2. The maximum atomic E-state index is 11.7. The van der Waals surface area contributed by atoms with Crippen LogP contribution in [0.3, 0.4) is 0 Å². The fourth-order valence-corrected chi connectivity index (χ4v) is 3.11. The van der Waals surface area contributed by atoms with Crippen molar-refractivity contribution in [1.29, 1.82) is 0 Å². The van der Waals surface area contributed by atoms with E-state index in [1.54, 1.807) is 32.5 Å². The van der Waals surface area contributed by atoms with Crippen molar-refractivity contribution in [3.8, 4) is 0 Å². The van der Waals surface area contributed by atoms with E-state index in [2.05, 4.69) is 5.32 Å². The lowest BCUT2D eigenvalue weighted by Crippen LogP contribution is -2.46. The fourth-order valence-electron chi connectivity index (χ4n) is 1.87. The van der Waals surface area contributed by atoms with Crippen LogP contribution in [0.4, 0.5) is 4.79 Å². The molecule has 0 aliphatic carbocycles. The molecular formula is C12H21NO4S. The van der Waals surface area contributed by atoms with Crippen LogP contribution in [0.15, 0.2) is 0 Å². The highest BCUT2D eigenvalue weighted by Crippen LogP contribution is 2.26. The second kappa shape index (κ2) is 6.31. The van der Waals surface area contributed by atoms with Crippen molar-refractivity contribution in [2.45, 2.75) is 45.3 Å². The predicted octanol–water partition coefficient (Wildman–Crippen LogP) is 2.11. The highest BCUT2D eigenvalue weighted by Gasteiger charge is 2.30. The quantitative estimate of drug-likeness (QED) is 0.825. The third kappa shape index (κ3) is 5.62. The Labute approximate surface area is 112 Å². The van der Waals surface area contributed by atoms with Gasteiger partial charge in [-0.15, -0.1) is 0 Å². The molecule has 1 saturated heterocycles. The number of nitrogens with one attached hydrogen (secondary N) is 1. The molecule has 2 N–H and O–H groups in total. The van der Waals surface area contributed by atoms with Crippen LogP contribution in [-0.4, -0.2) is 40.3 Å². The van der Waals surface area contributed by atoms with E-state index in [0.29, 0.717) is 0 Å². The first-order valence-corrected chi connectivity index (χ1v) is 7.22. The number of rotatable bonds is 3. The summed E-state index contributed by atoms with van der Waals surface area (Å²) in [4.78, 5) is 22.4. The van der Waals surface area contributed by atoms with Crippen LogP contribution < -0.4 is 5.32 Å². The lowest BCUT2D eigenvalue weighted by atomic mass is 9.95. The molecule has 1 heterocycles. The van der Waals surface area contributed by atoms with Gasteiger partial charge in [-0.1, -0.05) is 0 Å². The van der Waals surface area contributed by atoms with Gasteiger partial charge in [-0.05, 0) is 44.6 Å². The number of alkyl carbamates (subject to hydrolysis) is 1. The van der Waals surface area contributed by atoms with E-state index in [4.69, 9.17) is 9.84 Å². The number of hydrogen-bond acceptors (Lipinski definition) is 4. The van der Waals surface area contributed by atoms with Crippen LogP contribution in [0.2, 0.25) is 0 Å². The Morgan fingerprint density at radius 2 is 2.11 bits per heavy atom. The molecule has 0 radical (unpaired) electrons. The predicted molar refractivity (Wildman–Crippen MR) is 70.8 cm³/mol. The third-order valence-corrected chi connectivity index (χ3v) is 3.80. The first-order valence-electron chi connectivity index (χ1n) is 6.07. The standard InChI is InChI=1S/C12H21NO4S/c1-12(2,3)17-11(16)13-9-4-5-18-7-8(9)6-10(14)15/h8-9H,4-7H2,1-3H3,(H,13,16)(H,14,15). The SMILES string of the molecule is CC(C)(C)OC(=O)NC1CCSCC1CC(=O)O. The molecule has 0 spiro atoms. The number of carbonyl (C=O) groups is 2. The first kappa shape index (κ1) is 15.1. The van der Waals surface area contributed by atoms with Gasteiger partial charge in [0.2, 0.25) is 0 Å². The molecule has 1 rings (SSSR count). The zero-order chi connectivity index (χ0) is 13.8. The highest BCUT2D eigenvalue weighted by molar-refractivity contribution is 7.99. The summed E-state index contributed by atoms with van der Waals surface area (Å²) in [5.41, 5.74) is -0.532. The zero-order valence-corrected chi connectivity index (χ0v) is 11.9. The summed E-state index contributed by atoms with van der Waals surface area (Å²) in [7, 11) is 0. The van der Waals surface area contributed by atoms with Gasteiger partial charge >= 0.3 is 12.1 Å². The van der Waals surface area contributed by atoms with Crippen LogP contribution in [0.5, 0.6) is 0 Å². The zero-order valence-electron chi connectivity index (χ0n) is 11.1. The van der Waals surface area contributed by atoms with Crippen LogP contribution in [0.25, 0.3) is 0 Å². The van der Waals surface area contributed by atoms with Gasteiger partial charge in [-0.2, -0.15) is 11.8 Å². The van der Waals surface area contributed by atoms with Crippen molar-refractivity contribution in [1.82, 2.24) is 5.32 Å². The number of carboxylic acid groups (broad SMARTS) is 1. The van der Waals surface area contributed by atoms with Crippen molar-refractivity contribution in [2.75, 3.05) is 11.5 Å². The Balaban J connectivity index is 2.51. The molecule has 1 aliphatic rings. The Hall–Kier alpha value is -0.910. The molecule has 0 aromatic heterocycles. The molecule has 1 fully saturated rings. The molecule has 2 unspecified atom stereocenters. The summed E-state index contributed by atoms with van der Waals surface area (Å²) in [5, 5.41) is 11.6. The average Bonchev–Trinajstić information content (AvgIpc) is 2.17. The molecule has 18 heavy (non-hydrogen) atoms. The number of hydrogen-bond donors (Lipinski definition) is 2. The molecule has 1 aliphatic heterocycles. The third-order valence-electron chi connectivity index (χ3n) is 2.61. The lowest BCUT2D eigenvalue weighted by Gasteiger charge is -2.31. The van der Waals surface area contributed by atoms with Crippen molar-refractivity contribution in [3.63, 3.8) is 0 Å². The molecule has 0 saturated carbocycles. The molecule has 104 valence electrons. The van der Waals surface area contributed by atoms with E-state index in [1.807, 2.05) is 0 Å². The van der Waals surface area contributed by atoms with E-state index >= 15 is 0 Å². The second-order valence-electron chi connectivity index (χ2n) is 5.47. The second-order valence-corrected chi connectivity index (χ2v) is 6.62. The summed E-state index contributed by atoms with van der Waals surface area (Å²) >= 11 is 1.73. The maximum absolute atomic E-state index is 11.7. The van der Waals surface area contributed by atoms with E-state index in [0.717, 1.165) is 17.9 Å². The van der Waals surface area contributed by atoms with E-state index in [-0.39, 0.29) is 18.4 Å². The molecule has 2 atom stereocenters. The molecule has 5 nitrogen and oxygen atoms in total. The summed E-state index contributed by atoms with van der Waals surface area (Å²) < 4.78 is 5.19. The first-order chi connectivity index (χ1) is 8.28. The van der Waals surface area contributed by atoms with E-state index in [1.165, 1.54) is 0 Å². The van der Waals surface area contributed by atoms with Gasteiger partial charge in [-0.25, -0.2) is 4.79 Å². The van der Waals surface area contributed by atoms with Crippen molar-refractivity contribution in [2.24, 2.45) is 5.92 Å². The minimum Gasteiger partial charge on any atom is -0.481 e. The monoisotopic (exact) mass is 275 g/mol. The number of carbonyl (C=O) groups excluding carboxylic acids is 1. The molecule has 6 heteroatoms. The van der Waals surface area contributed by atoms with Crippen LogP contribution >= 0.6 is 11.8 Å². The van der Waals surface area contributed by atoms with Crippen LogP contribution in [0.1, 0.15) is 33.6 Å². The van der Waals surface area contributed by atoms with Crippen molar-refractivity contribution >= 4 is 23.8 Å². The lowest BCUT2D eigenvalue weighted by molar-refractivity contribution is -0.138. The van der Waals surface area contributed by atoms with Crippen molar-refractivity contribution < 1.29 is 19.4 Å². The molecule has 0 aromatic rings. The average molecular weight is 275 g/mol. The maximum Gasteiger partial charge on any atom is 0.407 e. The summed E-state index contributed by atoms with van der Waals surface area (Å²) in [5.74, 6) is 0.871. The fraction of sp³-hybridized carbons (Fsp3) is 0.833. The smallest absolute Gasteiger partial charge is 0.407 e. The molecule has 0 aromatic carbocycles. The van der Waals surface area contributed by atoms with Gasteiger partial charge in [0.05, 0.1) is 6.42 Å². The van der Waals surface area contributed by atoms with Gasteiger partial charge in [0.15, 0.2) is 0 Å². The van der Waals surface area contributed by atoms with Gasteiger partial charge in [0.1, 0.15) is 5.60 Å². The van der Waals surface area contributed by atoms with Gasteiger partial charge < -0.3 is 15.2 Å². The number of thioether (sulfide) groups is 1. The van der Waals surface area contributed by atoms with E-state index < -0.39 is 17.7 Å². The Bertz CT molecular complexity index is 314. The Morgan fingerprint density at radius 3 is 2.67 bits per heavy atom. The molecular weight excluding hydrogens is 254 g/mol. The number of carboxylic acids is 1. The minimum atomic E-state index is -0.821. The summed E-state index contributed by atoms with van der Waals surface area (Å²) in [6.45, 7) is 5.41. The van der Waals surface area contributed by atoms with Crippen LogP contribution in [0, 0.1) is 5.92 Å². The normalized spacial score (nSPS) is 24.4. The largest absolute Gasteiger partial charge is 0.481 e. The summed E-state index contributed by atoms with van der Waals surface area (Å²) in [6.07, 6.45) is 0.421. The minimum absolute atomic E-state index is 0.0197. The number of amides is 1. The van der Waals surface area contributed by atoms with Gasteiger partial charge in [-0.3, -0.25) is 4.79 Å². The number of ether oxygens (including phenoxy) is 1. The van der Waals surface area contributed by atoms with Gasteiger partial charge in [0.25, 0.3) is 0 Å². The Kier molecular flexibility index (Phi) is 5.31. The Morgan fingerprint density at radius 1 is 1.44 bits per heavy atom. The van der Waals surface area contributed by atoms with Crippen molar-refractivity contribution in [3.05, 3.63) is 0 Å². The topological polar surface area (TPSA) is 75.6 Å². The molecule has 0 bridgehead atoms. The van der Waals surface area contributed by atoms with Crippen LogP contribution in [-0.2, 0) is 9.53 Å². The van der Waals surface area contributed by atoms with Gasteiger partial charge in [0, 0.05) is 6.04 Å². The molecule has 1 amide bonds.